The predicted molar refractivity (Wildman–Crippen MR) is 122 cm³/mol. The van der Waals surface area contributed by atoms with Crippen molar-refractivity contribution in [3.05, 3.63) is 70.3 Å². The Balaban J connectivity index is 1.51. The summed E-state index contributed by atoms with van der Waals surface area (Å²) >= 11 is 1.03. The lowest BCUT2D eigenvalue weighted by atomic mass is 10.2. The van der Waals surface area contributed by atoms with E-state index in [4.69, 9.17) is 4.74 Å². The molecule has 1 amide bonds. The number of hydrogen-bond donors (Lipinski definition) is 1. The van der Waals surface area contributed by atoms with Gasteiger partial charge in [0.2, 0.25) is 0 Å². The molecule has 4 rings (SSSR count). The van der Waals surface area contributed by atoms with Crippen molar-refractivity contribution in [2.45, 2.75) is 30.9 Å². The van der Waals surface area contributed by atoms with Crippen molar-refractivity contribution in [1.29, 1.82) is 0 Å². The van der Waals surface area contributed by atoms with Crippen molar-refractivity contribution < 1.29 is 27.4 Å². The molecule has 1 atom stereocenters. The van der Waals surface area contributed by atoms with Crippen LogP contribution in [-0.2, 0) is 16.6 Å². The van der Waals surface area contributed by atoms with Crippen molar-refractivity contribution in [3.8, 4) is 5.75 Å². The highest BCUT2D eigenvalue weighted by Gasteiger charge is 2.35. The number of aromatic nitrogens is 1. The van der Waals surface area contributed by atoms with Crippen LogP contribution in [0.1, 0.15) is 17.5 Å². The summed E-state index contributed by atoms with van der Waals surface area (Å²) in [6.45, 7) is 3.87. The first-order valence-electron chi connectivity index (χ1n) is 10.1. The number of benzene rings is 2. The number of carboxylic acid groups (broad SMARTS) is 1. The molecule has 174 valence electrons. The smallest absolute Gasteiger partial charge is 0.427 e. The van der Waals surface area contributed by atoms with Gasteiger partial charge in [0.15, 0.2) is 5.82 Å². The molecule has 3 aromatic rings. The first-order chi connectivity index (χ1) is 15.8. The van der Waals surface area contributed by atoms with E-state index in [0.717, 1.165) is 43.0 Å². The Kier molecular flexibility index (Phi) is 6.63. The summed E-state index contributed by atoms with van der Waals surface area (Å²) in [6, 6.07) is 12.1. The summed E-state index contributed by atoms with van der Waals surface area (Å²) < 4.78 is 46.9. The molecule has 0 unspecified atom stereocenters. The fraction of sp³-hybridized carbons (Fsp3) is 0.273. The molecule has 1 N–H and O–H groups in total. The molecule has 1 aliphatic heterocycles. The zero-order chi connectivity index (χ0) is 23.6. The second-order valence-electron chi connectivity index (χ2n) is 7.70. The van der Waals surface area contributed by atoms with Crippen LogP contribution in [0.5, 0.6) is 5.75 Å². The lowest BCUT2D eigenvalue weighted by Crippen LogP contribution is -2.36. The first-order valence-corrected chi connectivity index (χ1v) is 12.5. The molecule has 8 nitrogen and oxygen atoms in total. The third-order valence-electron chi connectivity index (χ3n) is 5.32. The summed E-state index contributed by atoms with van der Waals surface area (Å²) in [5.41, 5.74) is 2.88. The maximum atomic E-state index is 14.9. The van der Waals surface area contributed by atoms with Crippen molar-refractivity contribution in [2.24, 2.45) is 0 Å². The standard InChI is InChI=1S/C22H22FN3O5S2/c1-15-9-20(33(29,30)26(22(27)28)21-13-32-14-24-21)18(23)10-19(15)31-17-7-8-25(12-17)11-16-5-3-2-4-6-16/h2-6,9-10,13-14,17H,7-8,11-12H2,1H3,(H,27,28)/t17-/m0/s1. The maximum absolute atomic E-state index is 14.9. The van der Waals surface area contributed by atoms with E-state index in [-0.39, 0.29) is 22.0 Å². The van der Waals surface area contributed by atoms with Gasteiger partial charge in [-0.25, -0.2) is 22.6 Å². The Hall–Kier alpha value is -3.02. The third kappa shape index (κ3) is 5.00. The lowest BCUT2D eigenvalue weighted by molar-refractivity contribution is 0.196. The van der Waals surface area contributed by atoms with Crippen LogP contribution in [-0.4, -0.2) is 48.7 Å². The van der Waals surface area contributed by atoms with Gasteiger partial charge in [-0.15, -0.1) is 15.6 Å². The molecular formula is C22H22FN3O5S2. The van der Waals surface area contributed by atoms with Crippen LogP contribution in [0, 0.1) is 12.7 Å². The SMILES string of the molecule is Cc1cc(S(=O)(=O)N(C(=O)O)c2cscn2)c(F)cc1O[C@H]1CCN(Cc2ccccc2)C1. The predicted octanol–water partition coefficient (Wildman–Crippen LogP) is 4.12. The molecule has 1 saturated heterocycles. The van der Waals surface area contributed by atoms with Crippen LogP contribution in [0.4, 0.5) is 15.0 Å². The number of nitrogens with zero attached hydrogens (tertiary/aromatic N) is 3. The zero-order valence-electron chi connectivity index (χ0n) is 17.7. The van der Waals surface area contributed by atoms with Gasteiger partial charge in [-0.05, 0) is 30.5 Å². The first kappa shape index (κ1) is 23.1. The van der Waals surface area contributed by atoms with Gasteiger partial charge < -0.3 is 9.84 Å². The highest BCUT2D eigenvalue weighted by atomic mass is 32.2. The van der Waals surface area contributed by atoms with Gasteiger partial charge in [0.1, 0.15) is 22.6 Å². The van der Waals surface area contributed by atoms with E-state index in [1.807, 2.05) is 18.2 Å². The molecule has 0 bridgehead atoms. The van der Waals surface area contributed by atoms with E-state index in [9.17, 15) is 22.7 Å². The normalized spacial score (nSPS) is 16.6. The molecule has 33 heavy (non-hydrogen) atoms. The van der Waals surface area contributed by atoms with Crippen LogP contribution < -0.4 is 9.04 Å². The molecule has 1 fully saturated rings. The number of anilines is 1. The molecule has 1 aromatic heterocycles. The van der Waals surface area contributed by atoms with Crippen LogP contribution >= 0.6 is 11.3 Å². The Labute approximate surface area is 194 Å². The lowest BCUT2D eigenvalue weighted by Gasteiger charge is -2.20. The number of carbonyl (C=O) groups is 1. The van der Waals surface area contributed by atoms with Crippen molar-refractivity contribution in [2.75, 3.05) is 17.4 Å². The van der Waals surface area contributed by atoms with Crippen molar-refractivity contribution in [1.82, 2.24) is 9.88 Å². The fourth-order valence-electron chi connectivity index (χ4n) is 3.75. The third-order valence-corrected chi connectivity index (χ3v) is 7.59. The molecule has 2 aromatic carbocycles. The van der Waals surface area contributed by atoms with Gasteiger partial charge in [0.25, 0.3) is 10.0 Å². The number of amides is 1. The summed E-state index contributed by atoms with van der Waals surface area (Å²) in [4.78, 5) is 16.9. The molecule has 0 radical (unpaired) electrons. The topological polar surface area (TPSA) is 100 Å². The molecule has 0 saturated carbocycles. The van der Waals surface area contributed by atoms with Gasteiger partial charge in [-0.3, -0.25) is 4.90 Å². The van der Waals surface area contributed by atoms with Crippen molar-refractivity contribution >= 4 is 33.3 Å². The van der Waals surface area contributed by atoms with Crippen LogP contribution in [0.25, 0.3) is 0 Å². The minimum Gasteiger partial charge on any atom is -0.489 e. The van der Waals surface area contributed by atoms with Gasteiger partial charge in [0, 0.05) is 31.1 Å². The van der Waals surface area contributed by atoms with Crippen LogP contribution in [0.15, 0.2) is 58.3 Å². The van der Waals surface area contributed by atoms with E-state index < -0.39 is 26.8 Å². The van der Waals surface area contributed by atoms with E-state index in [2.05, 4.69) is 22.0 Å². The number of ether oxygens (including phenoxy) is 1. The largest absolute Gasteiger partial charge is 0.489 e. The second-order valence-corrected chi connectivity index (χ2v) is 10.2. The second kappa shape index (κ2) is 9.46. The molecule has 0 aliphatic carbocycles. The minimum absolute atomic E-state index is 0.0698. The van der Waals surface area contributed by atoms with Gasteiger partial charge >= 0.3 is 6.09 Å². The monoisotopic (exact) mass is 491 g/mol. The van der Waals surface area contributed by atoms with E-state index in [1.165, 1.54) is 16.5 Å². The molecule has 11 heteroatoms. The number of likely N-dealkylation sites (tertiary alicyclic amines) is 1. The summed E-state index contributed by atoms with van der Waals surface area (Å²) in [5.74, 6) is -1.17. The number of rotatable bonds is 7. The highest BCUT2D eigenvalue weighted by Crippen LogP contribution is 2.31. The minimum atomic E-state index is -4.72. The number of aryl methyl sites for hydroxylation is 1. The van der Waals surface area contributed by atoms with E-state index in [0.29, 0.717) is 12.1 Å². The highest BCUT2D eigenvalue weighted by molar-refractivity contribution is 7.93. The average Bonchev–Trinajstić information content (AvgIpc) is 3.43. The number of thiazole rings is 1. The Morgan fingerprint density at radius 1 is 1.33 bits per heavy atom. The zero-order valence-corrected chi connectivity index (χ0v) is 19.4. The summed E-state index contributed by atoms with van der Waals surface area (Å²) in [5, 5.41) is 10.7. The molecule has 2 heterocycles. The molecule has 0 spiro atoms. The van der Waals surface area contributed by atoms with Crippen molar-refractivity contribution in [3.63, 3.8) is 0 Å². The Bertz CT molecular complexity index is 1240. The van der Waals surface area contributed by atoms with Gasteiger partial charge in [-0.2, -0.15) is 0 Å². The average molecular weight is 492 g/mol. The Morgan fingerprint density at radius 3 is 2.76 bits per heavy atom. The van der Waals surface area contributed by atoms with Gasteiger partial charge in [-0.1, -0.05) is 30.3 Å². The number of hydrogen-bond acceptors (Lipinski definition) is 7. The van der Waals surface area contributed by atoms with Gasteiger partial charge in [0.05, 0.1) is 5.51 Å². The molecule has 1 aliphatic rings. The number of halogens is 1. The summed E-state index contributed by atoms with van der Waals surface area (Å²) in [6.07, 6.45) is -1.19. The van der Waals surface area contributed by atoms with E-state index in [1.54, 1.807) is 6.92 Å². The fourth-order valence-corrected chi connectivity index (χ4v) is 5.71. The molecular weight excluding hydrogens is 469 g/mol. The quantitative estimate of drug-likeness (QED) is 0.531. The van der Waals surface area contributed by atoms with E-state index >= 15 is 0 Å². The Morgan fingerprint density at radius 2 is 2.09 bits per heavy atom. The maximum Gasteiger partial charge on any atom is 0.427 e. The van der Waals surface area contributed by atoms with Crippen LogP contribution in [0.3, 0.4) is 0 Å². The summed E-state index contributed by atoms with van der Waals surface area (Å²) in [7, 11) is -4.72. The number of sulfonamides is 1. The van der Waals surface area contributed by atoms with Crippen LogP contribution in [0.2, 0.25) is 0 Å².